The van der Waals surface area contributed by atoms with Crippen molar-refractivity contribution in [3.05, 3.63) is 180 Å². The van der Waals surface area contributed by atoms with E-state index in [9.17, 15) is 4.79 Å². The molecule has 248 valence electrons. The van der Waals surface area contributed by atoms with E-state index in [0.29, 0.717) is 21.9 Å². The van der Waals surface area contributed by atoms with E-state index in [1.807, 2.05) is 47.7 Å². The molecule has 3 heterocycles. The Morgan fingerprint density at radius 3 is 1.49 bits per heavy atom. The van der Waals surface area contributed by atoms with Crippen LogP contribution in [0, 0.1) is 0 Å². The molecule has 0 unspecified atom stereocenters. The number of hydrogen-bond donors (Lipinski definition) is 0. The van der Waals surface area contributed by atoms with Crippen LogP contribution < -0.4 is 5.43 Å². The first-order valence-electron chi connectivity index (χ1n) is 17.7. The largest absolute Gasteiger partial charge is 0.456 e. The standard InChI is InChI=1S/C49H28O2S2/c50-46-40-17-4-5-24-43(40)51-44-27-41-39-23-10-19-35(47(39)52-45(41)28-42(44)46)32-15-6-13-30(25-32)31-14-7-16-33(26-31)36-20-9-22-38-37-21-8-18-34(48(37)53-49(36)38)29-11-2-1-3-12-29/h1-28H. The molecule has 11 aromatic rings. The highest BCUT2D eigenvalue weighted by Gasteiger charge is 2.17. The maximum atomic E-state index is 13.4. The van der Waals surface area contributed by atoms with Gasteiger partial charge in [0.05, 0.1) is 10.8 Å². The van der Waals surface area contributed by atoms with Gasteiger partial charge < -0.3 is 4.42 Å². The monoisotopic (exact) mass is 712 g/mol. The Hall–Kier alpha value is -6.33. The van der Waals surface area contributed by atoms with Gasteiger partial charge in [0.25, 0.3) is 0 Å². The Bertz CT molecular complexity index is 3310. The van der Waals surface area contributed by atoms with Crippen LogP contribution >= 0.6 is 22.7 Å². The van der Waals surface area contributed by atoms with Gasteiger partial charge in [0.2, 0.25) is 5.43 Å². The van der Waals surface area contributed by atoms with Crippen LogP contribution in [0.2, 0.25) is 0 Å². The summed E-state index contributed by atoms with van der Waals surface area (Å²) >= 11 is 3.62. The zero-order valence-electron chi connectivity index (χ0n) is 28.3. The third kappa shape index (κ3) is 4.80. The van der Waals surface area contributed by atoms with Crippen LogP contribution in [-0.4, -0.2) is 0 Å². The minimum absolute atomic E-state index is 0.0110. The third-order valence-electron chi connectivity index (χ3n) is 10.5. The molecule has 0 saturated heterocycles. The van der Waals surface area contributed by atoms with Gasteiger partial charge in [-0.05, 0) is 80.9 Å². The highest BCUT2D eigenvalue weighted by atomic mass is 32.1. The van der Waals surface area contributed by atoms with Crippen molar-refractivity contribution < 1.29 is 4.42 Å². The van der Waals surface area contributed by atoms with Crippen LogP contribution in [0.15, 0.2) is 179 Å². The van der Waals surface area contributed by atoms with E-state index in [2.05, 4.69) is 133 Å². The van der Waals surface area contributed by atoms with Crippen molar-refractivity contribution in [3.63, 3.8) is 0 Å². The molecule has 2 nitrogen and oxygen atoms in total. The summed E-state index contributed by atoms with van der Waals surface area (Å²) in [5, 5.41) is 6.10. The maximum absolute atomic E-state index is 13.4. The summed E-state index contributed by atoms with van der Waals surface area (Å²) in [4.78, 5) is 13.4. The van der Waals surface area contributed by atoms with Crippen LogP contribution in [0.1, 0.15) is 0 Å². The molecule has 0 radical (unpaired) electrons. The van der Waals surface area contributed by atoms with E-state index in [0.717, 1.165) is 15.6 Å². The van der Waals surface area contributed by atoms with E-state index in [4.69, 9.17) is 4.42 Å². The molecule has 8 aromatic carbocycles. The highest BCUT2D eigenvalue weighted by molar-refractivity contribution is 7.27. The first-order chi connectivity index (χ1) is 26.2. The maximum Gasteiger partial charge on any atom is 0.200 e. The number of hydrogen-bond acceptors (Lipinski definition) is 4. The lowest BCUT2D eigenvalue weighted by molar-refractivity contribution is 0.660. The quantitative estimate of drug-likeness (QED) is 0.170. The smallest absolute Gasteiger partial charge is 0.200 e. The van der Waals surface area contributed by atoms with Crippen molar-refractivity contribution in [1.82, 2.24) is 0 Å². The predicted octanol–water partition coefficient (Wildman–Crippen LogP) is 14.3. The van der Waals surface area contributed by atoms with Crippen molar-refractivity contribution in [3.8, 4) is 44.5 Å². The number of thiophene rings is 2. The molecule has 0 aliphatic rings. The Labute approximate surface area is 312 Å². The number of rotatable bonds is 4. The summed E-state index contributed by atoms with van der Waals surface area (Å²) < 4.78 is 11.2. The zero-order valence-corrected chi connectivity index (χ0v) is 29.9. The van der Waals surface area contributed by atoms with Crippen molar-refractivity contribution in [2.24, 2.45) is 0 Å². The summed E-state index contributed by atoms with van der Waals surface area (Å²) in [7, 11) is 0. The lowest BCUT2D eigenvalue weighted by Crippen LogP contribution is -2.01. The van der Waals surface area contributed by atoms with Gasteiger partial charge in [-0.15, -0.1) is 22.7 Å². The fourth-order valence-electron chi connectivity index (χ4n) is 7.95. The Kier molecular flexibility index (Phi) is 6.78. The number of para-hydroxylation sites is 1. The van der Waals surface area contributed by atoms with E-state index in [1.165, 1.54) is 69.2 Å². The molecule has 0 N–H and O–H groups in total. The van der Waals surface area contributed by atoms with E-state index in [-0.39, 0.29) is 5.43 Å². The molecule has 0 spiro atoms. The zero-order chi connectivity index (χ0) is 35.0. The predicted molar refractivity (Wildman–Crippen MR) is 228 cm³/mol. The van der Waals surface area contributed by atoms with E-state index < -0.39 is 0 Å². The van der Waals surface area contributed by atoms with Crippen LogP contribution in [0.3, 0.4) is 0 Å². The summed E-state index contributed by atoms with van der Waals surface area (Å²) in [6, 6.07) is 59.9. The van der Waals surface area contributed by atoms with E-state index >= 15 is 0 Å². The molecule has 0 aliphatic carbocycles. The highest BCUT2D eigenvalue weighted by Crippen LogP contribution is 2.45. The van der Waals surface area contributed by atoms with Crippen LogP contribution in [0.4, 0.5) is 0 Å². The summed E-state index contributed by atoms with van der Waals surface area (Å²) in [6.45, 7) is 0. The second kappa shape index (κ2) is 11.9. The summed E-state index contributed by atoms with van der Waals surface area (Å²) in [6.07, 6.45) is 0. The van der Waals surface area contributed by atoms with Gasteiger partial charge in [-0.3, -0.25) is 4.79 Å². The molecule has 4 heteroatoms. The number of fused-ring (bicyclic) bond motifs is 8. The average Bonchev–Trinajstić information content (AvgIpc) is 3.79. The third-order valence-corrected chi connectivity index (χ3v) is 13.0. The minimum Gasteiger partial charge on any atom is -0.456 e. The Morgan fingerprint density at radius 1 is 0.340 bits per heavy atom. The van der Waals surface area contributed by atoms with Gasteiger partial charge in [-0.2, -0.15) is 0 Å². The molecule has 0 bridgehead atoms. The van der Waals surface area contributed by atoms with Crippen LogP contribution in [0.5, 0.6) is 0 Å². The molecule has 0 amide bonds. The molecule has 53 heavy (non-hydrogen) atoms. The van der Waals surface area contributed by atoms with Gasteiger partial charge in [0, 0.05) is 40.3 Å². The van der Waals surface area contributed by atoms with Crippen molar-refractivity contribution in [2.45, 2.75) is 0 Å². The summed E-state index contributed by atoms with van der Waals surface area (Å²) in [5.74, 6) is 0. The molecular weight excluding hydrogens is 685 g/mol. The van der Waals surface area contributed by atoms with Gasteiger partial charge in [0.15, 0.2) is 0 Å². The molecule has 0 aliphatic heterocycles. The van der Waals surface area contributed by atoms with Crippen LogP contribution in [-0.2, 0) is 0 Å². The molecule has 0 saturated carbocycles. The second-order valence-electron chi connectivity index (χ2n) is 13.6. The lowest BCUT2D eigenvalue weighted by atomic mass is 9.95. The Balaban J connectivity index is 1.02. The fourth-order valence-corrected chi connectivity index (χ4v) is 10.6. The lowest BCUT2D eigenvalue weighted by Gasteiger charge is -2.10. The first-order valence-corrected chi connectivity index (χ1v) is 19.3. The Morgan fingerprint density at radius 2 is 0.830 bits per heavy atom. The van der Waals surface area contributed by atoms with Crippen LogP contribution in [0.25, 0.3) is 107 Å². The van der Waals surface area contributed by atoms with E-state index in [1.54, 1.807) is 11.3 Å². The molecule has 11 rings (SSSR count). The summed E-state index contributed by atoms with van der Waals surface area (Å²) in [5.41, 5.74) is 10.9. The first kappa shape index (κ1) is 30.3. The van der Waals surface area contributed by atoms with Gasteiger partial charge in [-0.25, -0.2) is 0 Å². The fraction of sp³-hybridized carbons (Fsp3) is 0. The van der Waals surface area contributed by atoms with Crippen molar-refractivity contribution in [2.75, 3.05) is 0 Å². The van der Waals surface area contributed by atoms with Crippen molar-refractivity contribution >= 4 is 85.0 Å². The van der Waals surface area contributed by atoms with Gasteiger partial charge in [-0.1, -0.05) is 133 Å². The van der Waals surface area contributed by atoms with Gasteiger partial charge >= 0.3 is 0 Å². The molecule has 0 atom stereocenters. The topological polar surface area (TPSA) is 30.2 Å². The SMILES string of the molecule is O=c1c2ccccc2oc2cc3c(cc12)sc1c(-c2cccc(-c4cccc(-c5cccc6c5sc5c(-c7ccccc7)cccc56)c4)c2)cccc13. The molecular formula is C49H28O2S2. The normalized spacial score (nSPS) is 11.8. The number of benzene rings is 8. The minimum atomic E-state index is 0.0110. The van der Waals surface area contributed by atoms with Crippen molar-refractivity contribution in [1.29, 1.82) is 0 Å². The second-order valence-corrected chi connectivity index (χ2v) is 15.6. The van der Waals surface area contributed by atoms with Gasteiger partial charge in [0.1, 0.15) is 11.2 Å². The molecule has 0 fully saturated rings. The average molecular weight is 713 g/mol. The molecule has 3 aromatic heterocycles.